The van der Waals surface area contributed by atoms with E-state index in [1.54, 1.807) is 0 Å². The minimum absolute atomic E-state index is 0.0982. The highest BCUT2D eigenvalue weighted by Gasteiger charge is 2.19. The van der Waals surface area contributed by atoms with Gasteiger partial charge < -0.3 is 14.2 Å². The Morgan fingerprint density at radius 3 is 0.778 bits per heavy atom. The van der Waals surface area contributed by atoms with E-state index in [4.69, 9.17) is 14.2 Å². The van der Waals surface area contributed by atoms with Crippen LogP contribution in [0.3, 0.4) is 0 Å². The molecule has 0 heterocycles. The quantitative estimate of drug-likeness (QED) is 0.0261. The Morgan fingerprint density at radius 2 is 0.481 bits per heavy atom. The number of allylic oxidation sites excluding steroid dienone is 24. The molecule has 6 heteroatoms. The summed E-state index contributed by atoms with van der Waals surface area (Å²) in [6.45, 7) is 6.35. The molecule has 6 nitrogen and oxygen atoms in total. The summed E-state index contributed by atoms with van der Waals surface area (Å²) in [4.78, 5) is 38.3. The topological polar surface area (TPSA) is 78.9 Å². The lowest BCUT2D eigenvalue weighted by Gasteiger charge is -2.18. The van der Waals surface area contributed by atoms with Crippen molar-refractivity contribution >= 4 is 17.9 Å². The van der Waals surface area contributed by atoms with Crippen molar-refractivity contribution in [1.29, 1.82) is 0 Å². The van der Waals surface area contributed by atoms with Gasteiger partial charge in [0.2, 0.25) is 0 Å². The number of hydrogen-bond donors (Lipinski definition) is 0. The smallest absolute Gasteiger partial charge is 0.306 e. The fourth-order valence-corrected chi connectivity index (χ4v) is 8.87. The molecule has 0 spiro atoms. The van der Waals surface area contributed by atoms with E-state index in [1.165, 1.54) is 103 Å². The lowest BCUT2D eigenvalue weighted by molar-refractivity contribution is -0.167. The van der Waals surface area contributed by atoms with Gasteiger partial charge >= 0.3 is 17.9 Å². The maximum absolute atomic E-state index is 12.9. The standard InChI is InChI=1S/C75H122O6/c1-4-7-10-13-16-19-22-24-26-28-30-32-34-36-37-39-40-42-44-46-48-50-53-56-59-62-65-68-74(77)80-71-72(70-79-73(76)67-64-61-58-55-52-21-18-15-12-9-6-3)81-75(78)69-66-63-60-57-54-51-49-47-45-43-41-38-35-33-31-29-27-25-23-20-17-14-11-8-5-2/h7-8,10-11,15-20,24-27,30-33,38,41,45,47,51,54,72H,4-6,9,12-14,21-23,28-29,34-37,39-40,42-44,46,48-50,52-53,55-71H2,1-3H3/b10-7-,11-8-,18-15-,19-16-,20-17-,26-24-,27-25-,32-30-,33-31-,41-38-,47-45-,54-51-. The normalized spacial score (nSPS) is 13.1. The molecule has 0 bridgehead atoms. The number of unbranched alkanes of at least 4 members (excludes halogenated alkanes) is 24. The zero-order valence-electron chi connectivity index (χ0n) is 52.5. The van der Waals surface area contributed by atoms with E-state index in [2.05, 4.69) is 167 Å². The third kappa shape index (κ3) is 66.0. The van der Waals surface area contributed by atoms with Crippen LogP contribution in [-0.4, -0.2) is 37.2 Å². The van der Waals surface area contributed by atoms with Crippen molar-refractivity contribution in [3.63, 3.8) is 0 Å². The molecular weight excluding hydrogens is 997 g/mol. The van der Waals surface area contributed by atoms with Crippen LogP contribution in [0.2, 0.25) is 0 Å². The highest BCUT2D eigenvalue weighted by atomic mass is 16.6. The first kappa shape index (κ1) is 76.3. The van der Waals surface area contributed by atoms with Crippen molar-refractivity contribution in [2.45, 2.75) is 297 Å². The second-order valence-corrected chi connectivity index (χ2v) is 21.6. The summed E-state index contributed by atoms with van der Waals surface area (Å²) in [5, 5.41) is 0. The number of carbonyl (C=O) groups is 3. The van der Waals surface area contributed by atoms with Gasteiger partial charge in [-0.3, -0.25) is 14.4 Å². The number of esters is 3. The molecule has 1 atom stereocenters. The Labute approximate surface area is 499 Å². The van der Waals surface area contributed by atoms with Gasteiger partial charge in [-0.1, -0.05) is 282 Å². The molecule has 0 aromatic heterocycles. The summed E-state index contributed by atoms with van der Waals surface area (Å²) in [5.41, 5.74) is 0. The SMILES string of the molecule is CC/C=C\C/C=C\C/C=C\C/C=C\C/C=C\C/C=C\C/C=C\CCCCCC(=O)OC(COC(=O)CCCCCCC/C=C\CCCC)COC(=O)CCCCCCCCCCCCCCCC/C=C\C/C=C\C/C=C\C/C=C\CC. The van der Waals surface area contributed by atoms with Gasteiger partial charge in [-0.2, -0.15) is 0 Å². The van der Waals surface area contributed by atoms with E-state index in [-0.39, 0.29) is 37.5 Å². The van der Waals surface area contributed by atoms with Crippen LogP contribution in [0.25, 0.3) is 0 Å². The summed E-state index contributed by atoms with van der Waals surface area (Å²) >= 11 is 0. The lowest BCUT2D eigenvalue weighted by Crippen LogP contribution is -2.30. The molecule has 0 aromatic carbocycles. The number of hydrogen-bond acceptors (Lipinski definition) is 6. The monoisotopic (exact) mass is 1120 g/mol. The highest BCUT2D eigenvalue weighted by molar-refractivity contribution is 5.71. The van der Waals surface area contributed by atoms with Crippen molar-refractivity contribution in [3.8, 4) is 0 Å². The molecule has 0 rings (SSSR count). The van der Waals surface area contributed by atoms with Crippen LogP contribution in [0.5, 0.6) is 0 Å². The minimum Gasteiger partial charge on any atom is -0.462 e. The summed E-state index contributed by atoms with van der Waals surface area (Å²) < 4.78 is 16.9. The van der Waals surface area contributed by atoms with Gasteiger partial charge in [0.05, 0.1) is 0 Å². The van der Waals surface area contributed by atoms with Crippen LogP contribution < -0.4 is 0 Å². The van der Waals surface area contributed by atoms with E-state index in [1.807, 2.05) is 0 Å². The molecule has 0 saturated carbocycles. The van der Waals surface area contributed by atoms with Crippen LogP contribution in [0.1, 0.15) is 290 Å². The number of rotatable bonds is 59. The van der Waals surface area contributed by atoms with Crippen LogP contribution in [-0.2, 0) is 28.6 Å². The summed E-state index contributed by atoms with van der Waals surface area (Å²) in [6.07, 6.45) is 97.2. The van der Waals surface area contributed by atoms with E-state index in [0.29, 0.717) is 12.8 Å². The molecule has 0 aromatic rings. The minimum atomic E-state index is -0.806. The van der Waals surface area contributed by atoms with Gasteiger partial charge in [-0.25, -0.2) is 0 Å². The Morgan fingerprint density at radius 1 is 0.259 bits per heavy atom. The van der Waals surface area contributed by atoms with E-state index >= 15 is 0 Å². The highest BCUT2D eigenvalue weighted by Crippen LogP contribution is 2.16. The Hall–Kier alpha value is -4.71. The molecule has 0 amide bonds. The van der Waals surface area contributed by atoms with Crippen LogP contribution in [0.15, 0.2) is 146 Å². The fraction of sp³-hybridized carbons (Fsp3) is 0.640. The number of ether oxygens (including phenoxy) is 3. The Bertz CT molecular complexity index is 1760. The average Bonchev–Trinajstić information content (AvgIpc) is 3.47. The largest absolute Gasteiger partial charge is 0.462 e. The maximum Gasteiger partial charge on any atom is 0.306 e. The lowest BCUT2D eigenvalue weighted by atomic mass is 10.0. The molecule has 458 valence electrons. The third-order valence-corrected chi connectivity index (χ3v) is 13.8. The van der Waals surface area contributed by atoms with Gasteiger partial charge in [-0.05, 0) is 135 Å². The van der Waals surface area contributed by atoms with Crippen LogP contribution in [0, 0.1) is 0 Å². The summed E-state index contributed by atoms with van der Waals surface area (Å²) in [6, 6.07) is 0. The molecule has 1 unspecified atom stereocenters. The van der Waals surface area contributed by atoms with Crippen molar-refractivity contribution in [2.75, 3.05) is 13.2 Å². The predicted octanol–water partition coefficient (Wildman–Crippen LogP) is 23.1. The van der Waals surface area contributed by atoms with Gasteiger partial charge in [0.15, 0.2) is 6.10 Å². The zero-order valence-corrected chi connectivity index (χ0v) is 52.5. The van der Waals surface area contributed by atoms with Crippen LogP contribution in [0.4, 0.5) is 0 Å². The Balaban J connectivity index is 4.34. The molecule has 0 N–H and O–H groups in total. The van der Waals surface area contributed by atoms with E-state index < -0.39 is 6.10 Å². The van der Waals surface area contributed by atoms with E-state index in [0.717, 1.165) is 148 Å². The fourth-order valence-electron chi connectivity index (χ4n) is 8.87. The molecule has 81 heavy (non-hydrogen) atoms. The summed E-state index contributed by atoms with van der Waals surface area (Å²) in [5.74, 6) is -0.940. The van der Waals surface area contributed by atoms with Crippen molar-refractivity contribution in [3.05, 3.63) is 146 Å². The van der Waals surface area contributed by atoms with Crippen molar-refractivity contribution in [2.24, 2.45) is 0 Å². The van der Waals surface area contributed by atoms with Gasteiger partial charge in [-0.15, -0.1) is 0 Å². The predicted molar refractivity (Wildman–Crippen MR) is 352 cm³/mol. The summed E-state index contributed by atoms with van der Waals surface area (Å²) in [7, 11) is 0. The van der Waals surface area contributed by atoms with Gasteiger partial charge in [0.25, 0.3) is 0 Å². The third-order valence-electron chi connectivity index (χ3n) is 13.8. The van der Waals surface area contributed by atoms with Crippen molar-refractivity contribution in [1.82, 2.24) is 0 Å². The van der Waals surface area contributed by atoms with Crippen molar-refractivity contribution < 1.29 is 28.6 Å². The second kappa shape index (κ2) is 67.8. The van der Waals surface area contributed by atoms with Crippen LogP contribution >= 0.6 is 0 Å². The molecular formula is C75H122O6. The maximum atomic E-state index is 12.9. The van der Waals surface area contributed by atoms with Gasteiger partial charge in [0.1, 0.15) is 13.2 Å². The molecule has 0 aliphatic heterocycles. The first-order chi connectivity index (χ1) is 40.0. The molecule has 0 aliphatic carbocycles. The first-order valence-electron chi connectivity index (χ1n) is 33.3. The Kier molecular flexibility index (Phi) is 63.9. The molecule has 0 aliphatic rings. The zero-order chi connectivity index (χ0) is 58.5. The first-order valence-corrected chi connectivity index (χ1v) is 33.3. The molecule has 0 fully saturated rings. The van der Waals surface area contributed by atoms with Gasteiger partial charge in [0, 0.05) is 19.3 Å². The number of carbonyl (C=O) groups excluding carboxylic acids is 3. The molecule has 0 radical (unpaired) electrons. The average molecular weight is 1120 g/mol. The second-order valence-electron chi connectivity index (χ2n) is 21.6. The van der Waals surface area contributed by atoms with E-state index in [9.17, 15) is 14.4 Å². The molecule has 0 saturated heterocycles.